The Bertz CT molecular complexity index is 149. The molecule has 0 aromatic heterocycles. The molecule has 2 fully saturated rings. The molecular weight excluding hydrogens is 128 g/mol. The summed E-state index contributed by atoms with van der Waals surface area (Å²) in [6.07, 6.45) is 3.24. The molecule has 3 nitrogen and oxygen atoms in total. The van der Waals surface area contributed by atoms with Crippen LogP contribution in [0.15, 0.2) is 0 Å². The highest BCUT2D eigenvalue weighted by molar-refractivity contribution is 5.59. The van der Waals surface area contributed by atoms with Gasteiger partial charge >= 0.3 is 0 Å². The van der Waals surface area contributed by atoms with Crippen molar-refractivity contribution in [3.8, 4) is 0 Å². The topological polar surface area (TPSA) is 32.3 Å². The standard InChI is InChI=1S/C7H11N2O/c10-5-7-3-8-6-1-2-9(7)4-6/h6-8H,1-4H2. The lowest BCUT2D eigenvalue weighted by Gasteiger charge is -2.28. The summed E-state index contributed by atoms with van der Waals surface area (Å²) in [5.74, 6) is 0. The number of nitrogens with one attached hydrogen (secondary N) is 1. The van der Waals surface area contributed by atoms with Crippen LogP contribution >= 0.6 is 0 Å². The van der Waals surface area contributed by atoms with Crippen molar-refractivity contribution >= 4 is 6.29 Å². The van der Waals surface area contributed by atoms with Gasteiger partial charge in [-0.2, -0.15) is 0 Å². The Kier molecular flexibility index (Phi) is 1.47. The Morgan fingerprint density at radius 1 is 1.60 bits per heavy atom. The van der Waals surface area contributed by atoms with Crippen molar-refractivity contribution in [2.75, 3.05) is 19.6 Å². The average molecular weight is 139 g/mol. The molecule has 10 heavy (non-hydrogen) atoms. The van der Waals surface area contributed by atoms with Crippen LogP contribution in [-0.4, -0.2) is 42.9 Å². The Hall–Kier alpha value is -0.410. The molecular formula is C7H11N2O. The minimum atomic E-state index is 0.0266. The Labute approximate surface area is 60.4 Å². The predicted octanol–water partition coefficient (Wildman–Crippen LogP) is -0.858. The molecule has 2 aliphatic heterocycles. The third-order valence-corrected chi connectivity index (χ3v) is 2.40. The predicted molar refractivity (Wildman–Crippen MR) is 37.5 cm³/mol. The van der Waals surface area contributed by atoms with Crippen LogP contribution in [0, 0.1) is 0 Å². The Morgan fingerprint density at radius 3 is 3.30 bits per heavy atom. The number of nitrogens with zero attached hydrogens (tertiary/aromatic N) is 1. The first-order valence-electron chi connectivity index (χ1n) is 3.75. The molecule has 3 unspecified atom stereocenters. The van der Waals surface area contributed by atoms with Crippen LogP contribution in [0.2, 0.25) is 0 Å². The van der Waals surface area contributed by atoms with Crippen LogP contribution in [0.4, 0.5) is 0 Å². The largest absolute Gasteiger partial charge is 0.311 e. The van der Waals surface area contributed by atoms with E-state index in [1.54, 1.807) is 0 Å². The highest BCUT2D eigenvalue weighted by atomic mass is 16.1. The molecule has 2 bridgehead atoms. The van der Waals surface area contributed by atoms with Crippen molar-refractivity contribution in [1.82, 2.24) is 10.2 Å². The van der Waals surface area contributed by atoms with Gasteiger partial charge in [-0.3, -0.25) is 9.69 Å². The number of hydrogen-bond donors (Lipinski definition) is 1. The molecule has 2 heterocycles. The molecule has 3 heteroatoms. The van der Waals surface area contributed by atoms with Gasteiger partial charge in [-0.05, 0) is 6.42 Å². The molecule has 0 aliphatic carbocycles. The maximum Gasteiger partial charge on any atom is 0.218 e. The van der Waals surface area contributed by atoms with E-state index in [0.29, 0.717) is 6.04 Å². The highest BCUT2D eigenvalue weighted by Crippen LogP contribution is 2.15. The molecule has 0 amide bonds. The van der Waals surface area contributed by atoms with Crippen molar-refractivity contribution in [2.24, 2.45) is 0 Å². The molecule has 0 spiro atoms. The van der Waals surface area contributed by atoms with E-state index in [-0.39, 0.29) is 6.04 Å². The molecule has 0 aromatic rings. The van der Waals surface area contributed by atoms with Gasteiger partial charge in [0.05, 0.1) is 6.04 Å². The maximum atomic E-state index is 10.3. The summed E-state index contributed by atoms with van der Waals surface area (Å²) in [7, 11) is 0. The summed E-state index contributed by atoms with van der Waals surface area (Å²) in [5.41, 5.74) is 0. The lowest BCUT2D eigenvalue weighted by Crippen LogP contribution is -2.50. The molecule has 55 valence electrons. The van der Waals surface area contributed by atoms with E-state index in [4.69, 9.17) is 0 Å². The van der Waals surface area contributed by atoms with Gasteiger partial charge in [0.1, 0.15) is 0 Å². The lowest BCUT2D eigenvalue weighted by atomic mass is 10.2. The van der Waals surface area contributed by atoms with Crippen LogP contribution in [0.1, 0.15) is 6.42 Å². The first-order valence-corrected chi connectivity index (χ1v) is 3.75. The van der Waals surface area contributed by atoms with Gasteiger partial charge in [-0.1, -0.05) is 0 Å². The van der Waals surface area contributed by atoms with Crippen LogP contribution in [0.5, 0.6) is 0 Å². The fourth-order valence-electron chi connectivity index (χ4n) is 1.76. The monoisotopic (exact) mass is 139 g/mol. The van der Waals surface area contributed by atoms with Crippen LogP contribution in [0.25, 0.3) is 0 Å². The second-order valence-electron chi connectivity index (χ2n) is 3.02. The van der Waals surface area contributed by atoms with Gasteiger partial charge in [-0.25, -0.2) is 0 Å². The molecule has 1 radical (unpaired) electrons. The van der Waals surface area contributed by atoms with Gasteiger partial charge in [0, 0.05) is 25.7 Å². The van der Waals surface area contributed by atoms with Crippen molar-refractivity contribution < 1.29 is 4.79 Å². The summed E-state index contributed by atoms with van der Waals surface area (Å²) in [6, 6.07) is 0.670. The van der Waals surface area contributed by atoms with E-state index < -0.39 is 0 Å². The maximum absolute atomic E-state index is 10.3. The van der Waals surface area contributed by atoms with Gasteiger partial charge in [0.25, 0.3) is 0 Å². The fourth-order valence-corrected chi connectivity index (χ4v) is 1.76. The summed E-state index contributed by atoms with van der Waals surface area (Å²) in [5, 5.41) is 3.31. The molecule has 2 saturated heterocycles. The zero-order chi connectivity index (χ0) is 6.97. The minimum absolute atomic E-state index is 0.0266. The molecule has 2 rings (SSSR count). The normalized spacial score (nSPS) is 45.4. The molecule has 0 saturated carbocycles. The third kappa shape index (κ3) is 0.859. The smallest absolute Gasteiger partial charge is 0.218 e. The summed E-state index contributed by atoms with van der Waals surface area (Å²) in [4.78, 5) is 12.5. The van der Waals surface area contributed by atoms with Crippen LogP contribution in [-0.2, 0) is 4.79 Å². The zero-order valence-electron chi connectivity index (χ0n) is 5.84. The molecule has 3 atom stereocenters. The van der Waals surface area contributed by atoms with Crippen molar-refractivity contribution in [3.05, 3.63) is 0 Å². The zero-order valence-corrected chi connectivity index (χ0v) is 5.84. The van der Waals surface area contributed by atoms with Crippen LogP contribution in [0.3, 0.4) is 0 Å². The first-order chi connectivity index (χ1) is 4.90. The van der Waals surface area contributed by atoms with Crippen molar-refractivity contribution in [2.45, 2.75) is 18.5 Å². The van der Waals surface area contributed by atoms with E-state index in [2.05, 4.69) is 10.2 Å². The van der Waals surface area contributed by atoms with Crippen molar-refractivity contribution in [3.63, 3.8) is 0 Å². The fraction of sp³-hybridized carbons (Fsp3) is 0.857. The minimum Gasteiger partial charge on any atom is -0.311 e. The first kappa shape index (κ1) is 6.31. The molecule has 1 N–H and O–H groups in total. The Morgan fingerprint density at radius 2 is 2.50 bits per heavy atom. The van der Waals surface area contributed by atoms with Gasteiger partial charge < -0.3 is 5.32 Å². The quantitative estimate of drug-likeness (QED) is 0.513. The van der Waals surface area contributed by atoms with Gasteiger partial charge in [0.2, 0.25) is 6.29 Å². The highest BCUT2D eigenvalue weighted by Gasteiger charge is 2.32. The summed E-state index contributed by atoms with van der Waals surface area (Å²) >= 11 is 0. The summed E-state index contributed by atoms with van der Waals surface area (Å²) < 4.78 is 0. The number of hydrogen-bond acceptors (Lipinski definition) is 3. The van der Waals surface area contributed by atoms with Gasteiger partial charge in [0.15, 0.2) is 0 Å². The second kappa shape index (κ2) is 2.32. The number of rotatable bonds is 1. The van der Waals surface area contributed by atoms with E-state index in [1.807, 2.05) is 6.29 Å². The van der Waals surface area contributed by atoms with E-state index in [9.17, 15) is 4.79 Å². The number of piperazine rings is 1. The second-order valence-corrected chi connectivity index (χ2v) is 3.02. The average Bonchev–Trinajstić information content (AvgIpc) is 2.34. The van der Waals surface area contributed by atoms with E-state index in [1.165, 1.54) is 6.42 Å². The molecule has 2 aliphatic rings. The SMILES string of the molecule is O=[C]C1CNC2CCN1C2. The third-order valence-electron chi connectivity index (χ3n) is 2.40. The van der Waals surface area contributed by atoms with Crippen molar-refractivity contribution in [1.29, 1.82) is 0 Å². The van der Waals surface area contributed by atoms with Gasteiger partial charge in [-0.15, -0.1) is 0 Å². The number of carbonyl (C=O) groups excluding carboxylic acids is 1. The summed E-state index contributed by atoms with van der Waals surface area (Å²) in [6.45, 7) is 2.91. The van der Waals surface area contributed by atoms with Crippen LogP contribution < -0.4 is 5.32 Å². The van der Waals surface area contributed by atoms with E-state index >= 15 is 0 Å². The lowest BCUT2D eigenvalue weighted by molar-refractivity contribution is 0.243. The molecule has 0 aromatic carbocycles. The number of fused-ring (bicyclic) bond motifs is 2. The van der Waals surface area contributed by atoms with E-state index in [0.717, 1.165) is 19.6 Å². The Balaban J connectivity index is 2.06.